The number of benzene rings is 2. The molecule has 3 heteroatoms. The molecule has 0 heterocycles. The predicted octanol–water partition coefficient (Wildman–Crippen LogP) is 5.19. The highest BCUT2D eigenvalue weighted by atomic mass is 79.9. The van der Waals surface area contributed by atoms with Crippen LogP contribution in [0, 0.1) is 0 Å². The first-order valence-corrected chi connectivity index (χ1v) is 7.62. The van der Waals surface area contributed by atoms with Crippen molar-refractivity contribution in [1.29, 1.82) is 0 Å². The molecule has 1 unspecified atom stereocenters. The van der Waals surface area contributed by atoms with E-state index in [1.54, 1.807) is 0 Å². The Morgan fingerprint density at radius 1 is 1.16 bits per heavy atom. The summed E-state index contributed by atoms with van der Waals surface area (Å²) in [5.74, 6) is 0. The maximum absolute atomic E-state index is 6.34. The average Bonchev–Trinajstić information content (AvgIpc) is 2.41. The maximum Gasteiger partial charge on any atom is 0.0591 e. The van der Waals surface area contributed by atoms with E-state index in [4.69, 9.17) is 11.6 Å². The fraction of sp³-hybridized carbons (Fsp3) is 0.250. The van der Waals surface area contributed by atoms with Crippen molar-refractivity contribution in [2.45, 2.75) is 19.4 Å². The van der Waals surface area contributed by atoms with E-state index in [1.165, 1.54) is 5.56 Å². The molecule has 0 spiro atoms. The van der Waals surface area contributed by atoms with E-state index < -0.39 is 0 Å². The standard InChI is InChI=1S/C16H17BrClN/c1-2-10-19-16(12-6-5-7-13(17)11-12)14-8-3-4-9-15(14)18/h3-9,11,16,19H,2,10H2,1H3. The Hall–Kier alpha value is -0.830. The van der Waals surface area contributed by atoms with Crippen LogP contribution in [0.4, 0.5) is 0 Å². The third-order valence-electron chi connectivity index (χ3n) is 3.00. The van der Waals surface area contributed by atoms with Gasteiger partial charge in [0.15, 0.2) is 0 Å². The Morgan fingerprint density at radius 3 is 2.63 bits per heavy atom. The van der Waals surface area contributed by atoms with Gasteiger partial charge in [0, 0.05) is 9.50 Å². The van der Waals surface area contributed by atoms with Crippen molar-refractivity contribution in [2.24, 2.45) is 0 Å². The molecule has 0 saturated heterocycles. The van der Waals surface area contributed by atoms with Crippen LogP contribution in [0.2, 0.25) is 5.02 Å². The van der Waals surface area contributed by atoms with Crippen LogP contribution in [0.5, 0.6) is 0 Å². The zero-order valence-corrected chi connectivity index (χ0v) is 13.2. The van der Waals surface area contributed by atoms with Crippen molar-refractivity contribution in [3.63, 3.8) is 0 Å². The molecule has 2 rings (SSSR count). The molecule has 2 aromatic rings. The third-order valence-corrected chi connectivity index (χ3v) is 3.83. The zero-order chi connectivity index (χ0) is 13.7. The highest BCUT2D eigenvalue weighted by molar-refractivity contribution is 9.10. The van der Waals surface area contributed by atoms with Gasteiger partial charge in [-0.25, -0.2) is 0 Å². The summed E-state index contributed by atoms with van der Waals surface area (Å²) in [6.45, 7) is 3.12. The van der Waals surface area contributed by atoms with Crippen molar-refractivity contribution in [1.82, 2.24) is 5.32 Å². The van der Waals surface area contributed by atoms with Gasteiger partial charge in [-0.3, -0.25) is 0 Å². The summed E-state index contributed by atoms with van der Waals surface area (Å²) in [5, 5.41) is 4.37. The summed E-state index contributed by atoms with van der Waals surface area (Å²) >= 11 is 9.86. The van der Waals surface area contributed by atoms with Crippen LogP contribution in [0.25, 0.3) is 0 Å². The minimum absolute atomic E-state index is 0.131. The van der Waals surface area contributed by atoms with Gasteiger partial charge in [-0.15, -0.1) is 0 Å². The predicted molar refractivity (Wildman–Crippen MR) is 85.7 cm³/mol. The van der Waals surface area contributed by atoms with Crippen molar-refractivity contribution >= 4 is 27.5 Å². The molecule has 100 valence electrons. The van der Waals surface area contributed by atoms with Gasteiger partial charge in [-0.2, -0.15) is 0 Å². The minimum Gasteiger partial charge on any atom is -0.306 e. The fourth-order valence-electron chi connectivity index (χ4n) is 2.09. The summed E-state index contributed by atoms with van der Waals surface area (Å²) in [5.41, 5.74) is 2.34. The molecule has 0 saturated carbocycles. The lowest BCUT2D eigenvalue weighted by atomic mass is 9.98. The van der Waals surface area contributed by atoms with E-state index >= 15 is 0 Å². The van der Waals surface area contributed by atoms with E-state index in [-0.39, 0.29) is 6.04 Å². The second-order valence-electron chi connectivity index (χ2n) is 4.46. The molecule has 0 aromatic heterocycles. The van der Waals surface area contributed by atoms with Gasteiger partial charge in [0.2, 0.25) is 0 Å². The van der Waals surface area contributed by atoms with E-state index in [2.05, 4.69) is 52.4 Å². The molecule has 0 aliphatic carbocycles. The first-order chi connectivity index (χ1) is 9.22. The molecule has 0 aliphatic rings. The fourth-order valence-corrected chi connectivity index (χ4v) is 2.75. The first-order valence-electron chi connectivity index (χ1n) is 6.45. The van der Waals surface area contributed by atoms with Gasteiger partial charge in [-0.1, -0.05) is 64.8 Å². The van der Waals surface area contributed by atoms with Gasteiger partial charge in [0.25, 0.3) is 0 Å². The van der Waals surface area contributed by atoms with Crippen LogP contribution in [0.15, 0.2) is 53.0 Å². The van der Waals surface area contributed by atoms with Gasteiger partial charge in [-0.05, 0) is 42.3 Å². The summed E-state index contributed by atoms with van der Waals surface area (Å²) in [6.07, 6.45) is 1.09. The molecule has 0 bridgehead atoms. The Kier molecular flexibility index (Phi) is 5.44. The third kappa shape index (κ3) is 3.82. The van der Waals surface area contributed by atoms with Gasteiger partial charge < -0.3 is 5.32 Å². The lowest BCUT2D eigenvalue weighted by molar-refractivity contribution is 0.598. The molecule has 19 heavy (non-hydrogen) atoms. The van der Waals surface area contributed by atoms with Crippen molar-refractivity contribution < 1.29 is 0 Å². The quantitative estimate of drug-likeness (QED) is 0.791. The van der Waals surface area contributed by atoms with E-state index in [0.717, 1.165) is 28.0 Å². The van der Waals surface area contributed by atoms with Crippen molar-refractivity contribution in [3.05, 3.63) is 69.2 Å². The van der Waals surface area contributed by atoms with Crippen LogP contribution in [-0.2, 0) is 0 Å². The molecule has 2 aromatic carbocycles. The summed E-state index contributed by atoms with van der Waals surface area (Å²) in [7, 11) is 0. The van der Waals surface area contributed by atoms with Gasteiger partial charge >= 0.3 is 0 Å². The monoisotopic (exact) mass is 337 g/mol. The minimum atomic E-state index is 0.131. The summed E-state index contributed by atoms with van der Waals surface area (Å²) < 4.78 is 1.08. The Balaban J connectivity index is 2.38. The molecular weight excluding hydrogens is 322 g/mol. The first kappa shape index (κ1) is 14.6. The van der Waals surface area contributed by atoms with Crippen molar-refractivity contribution in [2.75, 3.05) is 6.54 Å². The van der Waals surface area contributed by atoms with E-state index in [0.29, 0.717) is 0 Å². The van der Waals surface area contributed by atoms with Crippen LogP contribution < -0.4 is 5.32 Å². The number of hydrogen-bond donors (Lipinski definition) is 1. The molecule has 0 fully saturated rings. The molecule has 0 radical (unpaired) electrons. The topological polar surface area (TPSA) is 12.0 Å². The van der Waals surface area contributed by atoms with E-state index in [9.17, 15) is 0 Å². The number of nitrogens with one attached hydrogen (secondary N) is 1. The molecule has 1 N–H and O–H groups in total. The molecular formula is C16H17BrClN. The largest absolute Gasteiger partial charge is 0.306 e. The number of halogens is 2. The highest BCUT2D eigenvalue weighted by Gasteiger charge is 2.15. The molecule has 1 atom stereocenters. The smallest absolute Gasteiger partial charge is 0.0591 e. The molecule has 0 aliphatic heterocycles. The highest BCUT2D eigenvalue weighted by Crippen LogP contribution is 2.29. The molecule has 0 amide bonds. The Bertz CT molecular complexity index is 542. The van der Waals surface area contributed by atoms with Crippen LogP contribution >= 0.6 is 27.5 Å². The van der Waals surface area contributed by atoms with E-state index in [1.807, 2.05) is 24.3 Å². The Labute approximate surface area is 128 Å². The number of rotatable bonds is 5. The summed E-state index contributed by atoms with van der Waals surface area (Å²) in [6, 6.07) is 16.5. The normalized spacial score (nSPS) is 12.4. The maximum atomic E-state index is 6.34. The lowest BCUT2D eigenvalue weighted by Gasteiger charge is -2.21. The van der Waals surface area contributed by atoms with Gasteiger partial charge in [0.05, 0.1) is 6.04 Å². The van der Waals surface area contributed by atoms with Crippen molar-refractivity contribution in [3.8, 4) is 0 Å². The van der Waals surface area contributed by atoms with Crippen LogP contribution in [0.1, 0.15) is 30.5 Å². The summed E-state index contributed by atoms with van der Waals surface area (Å²) in [4.78, 5) is 0. The van der Waals surface area contributed by atoms with Crippen LogP contribution in [0.3, 0.4) is 0 Å². The number of hydrogen-bond acceptors (Lipinski definition) is 1. The Morgan fingerprint density at radius 2 is 1.95 bits per heavy atom. The molecule has 1 nitrogen and oxygen atoms in total. The average molecular weight is 339 g/mol. The SMILES string of the molecule is CCCNC(c1cccc(Br)c1)c1ccccc1Cl. The lowest BCUT2D eigenvalue weighted by Crippen LogP contribution is -2.23. The second-order valence-corrected chi connectivity index (χ2v) is 5.79. The zero-order valence-electron chi connectivity index (χ0n) is 10.9. The van der Waals surface area contributed by atoms with Gasteiger partial charge in [0.1, 0.15) is 0 Å². The second kappa shape index (κ2) is 7.09. The van der Waals surface area contributed by atoms with Crippen LogP contribution in [-0.4, -0.2) is 6.54 Å².